The molecule has 1 heterocycles. The molecule has 0 radical (unpaired) electrons. The summed E-state index contributed by atoms with van der Waals surface area (Å²) in [5.74, 6) is -0.686. The van der Waals surface area contributed by atoms with Crippen LogP contribution in [0.25, 0.3) is 11.3 Å². The maximum atomic E-state index is 12.3. The van der Waals surface area contributed by atoms with E-state index in [2.05, 4.69) is 15.7 Å². The van der Waals surface area contributed by atoms with Crippen molar-refractivity contribution in [3.8, 4) is 11.3 Å². The van der Waals surface area contributed by atoms with E-state index < -0.39 is 16.4 Å². The van der Waals surface area contributed by atoms with E-state index in [-0.39, 0.29) is 18.1 Å². The minimum absolute atomic E-state index is 0.104. The van der Waals surface area contributed by atoms with E-state index in [4.69, 9.17) is 0 Å². The molecular weight excluding hydrogens is 390 g/mol. The van der Waals surface area contributed by atoms with Crippen molar-refractivity contribution in [3.05, 3.63) is 81.1 Å². The Morgan fingerprint density at radius 3 is 2.33 bits per heavy atom. The first-order chi connectivity index (χ1) is 14.3. The number of nitrogens with one attached hydrogen (secondary N) is 2. The zero-order valence-corrected chi connectivity index (χ0v) is 15.9. The summed E-state index contributed by atoms with van der Waals surface area (Å²) in [6.07, 6.45) is 0. The summed E-state index contributed by atoms with van der Waals surface area (Å²) >= 11 is 0. The van der Waals surface area contributed by atoms with Crippen LogP contribution in [0.4, 0.5) is 17.1 Å². The largest absolute Gasteiger partial charge is 0.326 e. The second kappa shape index (κ2) is 8.78. The Balaban J connectivity index is 1.75. The van der Waals surface area contributed by atoms with Gasteiger partial charge in [-0.05, 0) is 30.3 Å². The van der Waals surface area contributed by atoms with Crippen LogP contribution in [-0.2, 0) is 16.1 Å². The molecule has 2 amide bonds. The van der Waals surface area contributed by atoms with Crippen molar-refractivity contribution in [2.24, 2.45) is 0 Å². The van der Waals surface area contributed by atoms with E-state index in [1.807, 2.05) is 0 Å². The van der Waals surface area contributed by atoms with Crippen molar-refractivity contribution in [1.82, 2.24) is 9.78 Å². The van der Waals surface area contributed by atoms with Crippen LogP contribution in [0.2, 0.25) is 0 Å². The number of anilines is 2. The Bertz CT molecular complexity index is 1170. The minimum atomic E-state index is -0.524. The summed E-state index contributed by atoms with van der Waals surface area (Å²) in [5.41, 5.74) is 1.26. The molecule has 0 fully saturated rings. The highest BCUT2D eigenvalue weighted by molar-refractivity contribution is 5.92. The number of carbonyl (C=O) groups is 2. The fourth-order valence-corrected chi connectivity index (χ4v) is 2.67. The Morgan fingerprint density at radius 1 is 1.03 bits per heavy atom. The van der Waals surface area contributed by atoms with Gasteiger partial charge in [-0.15, -0.1) is 0 Å². The summed E-state index contributed by atoms with van der Waals surface area (Å²) in [4.78, 5) is 45.9. The first-order valence-electron chi connectivity index (χ1n) is 8.82. The maximum Gasteiger partial charge on any atom is 0.270 e. The molecule has 1 aromatic heterocycles. The third-order valence-corrected chi connectivity index (χ3v) is 4.00. The average molecular weight is 407 g/mol. The number of nitro groups is 1. The molecule has 0 aliphatic heterocycles. The Labute approximate surface area is 170 Å². The molecule has 30 heavy (non-hydrogen) atoms. The summed E-state index contributed by atoms with van der Waals surface area (Å²) in [7, 11) is 0. The van der Waals surface area contributed by atoms with Gasteiger partial charge in [-0.3, -0.25) is 24.5 Å². The monoisotopic (exact) mass is 407 g/mol. The fourth-order valence-electron chi connectivity index (χ4n) is 2.67. The number of nitrogens with zero attached hydrogens (tertiary/aromatic N) is 3. The van der Waals surface area contributed by atoms with Crippen LogP contribution in [0.1, 0.15) is 6.92 Å². The summed E-state index contributed by atoms with van der Waals surface area (Å²) in [6, 6.07) is 15.0. The lowest BCUT2D eigenvalue weighted by atomic mass is 10.1. The zero-order valence-electron chi connectivity index (χ0n) is 15.9. The predicted octanol–water partition coefficient (Wildman–Crippen LogP) is 2.42. The van der Waals surface area contributed by atoms with Crippen molar-refractivity contribution in [3.63, 3.8) is 0 Å². The van der Waals surface area contributed by atoms with E-state index in [0.29, 0.717) is 22.6 Å². The van der Waals surface area contributed by atoms with Gasteiger partial charge < -0.3 is 10.6 Å². The third-order valence-electron chi connectivity index (χ3n) is 4.00. The predicted molar refractivity (Wildman–Crippen MR) is 110 cm³/mol. The Kier molecular flexibility index (Phi) is 5.97. The lowest BCUT2D eigenvalue weighted by molar-refractivity contribution is -0.384. The highest BCUT2D eigenvalue weighted by atomic mass is 16.6. The molecule has 0 saturated carbocycles. The van der Waals surface area contributed by atoms with Gasteiger partial charge in [-0.2, -0.15) is 5.10 Å². The smallest absolute Gasteiger partial charge is 0.270 e. The van der Waals surface area contributed by atoms with E-state index in [9.17, 15) is 24.5 Å². The number of benzene rings is 2. The average Bonchev–Trinajstić information content (AvgIpc) is 2.71. The van der Waals surface area contributed by atoms with Crippen molar-refractivity contribution in [1.29, 1.82) is 0 Å². The molecule has 10 nitrogen and oxygen atoms in total. The van der Waals surface area contributed by atoms with Gasteiger partial charge in [-0.1, -0.05) is 12.1 Å². The minimum Gasteiger partial charge on any atom is -0.326 e. The van der Waals surface area contributed by atoms with Gasteiger partial charge in [0.05, 0.1) is 10.6 Å². The molecular formula is C20H17N5O5. The van der Waals surface area contributed by atoms with Crippen LogP contribution < -0.4 is 16.2 Å². The van der Waals surface area contributed by atoms with Gasteiger partial charge in [0.15, 0.2) is 0 Å². The number of non-ortho nitro benzene ring substituents is 1. The number of hydrogen-bond donors (Lipinski definition) is 2. The van der Waals surface area contributed by atoms with Gasteiger partial charge in [-0.25, -0.2) is 4.68 Å². The lowest BCUT2D eigenvalue weighted by Gasteiger charge is -2.09. The second-order valence-electron chi connectivity index (χ2n) is 6.33. The fraction of sp³-hybridized carbons (Fsp3) is 0.100. The van der Waals surface area contributed by atoms with Crippen molar-refractivity contribution in [2.45, 2.75) is 13.5 Å². The molecule has 3 rings (SSSR count). The number of hydrogen-bond acceptors (Lipinski definition) is 6. The summed E-state index contributed by atoms with van der Waals surface area (Å²) in [5, 5.41) is 20.4. The first-order valence-corrected chi connectivity index (χ1v) is 8.82. The number of rotatable bonds is 6. The molecule has 0 bridgehead atoms. The molecule has 0 aliphatic carbocycles. The Morgan fingerprint density at radius 2 is 1.70 bits per heavy atom. The van der Waals surface area contributed by atoms with Crippen molar-refractivity contribution < 1.29 is 14.5 Å². The molecule has 3 aromatic rings. The molecule has 0 saturated heterocycles. The number of carbonyl (C=O) groups excluding carboxylic acids is 2. The quantitative estimate of drug-likeness (QED) is 0.476. The van der Waals surface area contributed by atoms with Crippen LogP contribution in [-0.4, -0.2) is 26.5 Å². The number of nitro benzene ring substituents is 1. The van der Waals surface area contributed by atoms with Gasteiger partial charge in [0.25, 0.3) is 11.2 Å². The first kappa shape index (κ1) is 20.4. The van der Waals surface area contributed by atoms with Crippen LogP contribution in [0.15, 0.2) is 65.5 Å². The van der Waals surface area contributed by atoms with Crippen LogP contribution in [0.3, 0.4) is 0 Å². The molecule has 0 aliphatic rings. The van der Waals surface area contributed by atoms with Crippen LogP contribution in [0, 0.1) is 10.1 Å². The molecule has 0 unspecified atom stereocenters. The molecule has 152 valence electrons. The molecule has 10 heteroatoms. The zero-order chi connectivity index (χ0) is 21.7. The maximum absolute atomic E-state index is 12.3. The standard InChI is InChI=1S/C20H17N5O5/c1-13(26)21-15-5-7-16(8-6-15)22-19(27)12-24-20(28)10-9-18(23-24)14-3-2-4-17(11-14)25(29)30/h2-11H,12H2,1H3,(H,21,26)(H,22,27). The molecule has 0 spiro atoms. The topological polar surface area (TPSA) is 136 Å². The molecule has 2 N–H and O–H groups in total. The molecule has 0 atom stereocenters. The van der Waals surface area contributed by atoms with E-state index >= 15 is 0 Å². The van der Waals surface area contributed by atoms with Crippen LogP contribution >= 0.6 is 0 Å². The Hall–Kier alpha value is -4.34. The normalized spacial score (nSPS) is 10.3. The SMILES string of the molecule is CC(=O)Nc1ccc(NC(=O)Cn2nc(-c3cccc([N+](=O)[O-])c3)ccc2=O)cc1. The van der Waals surface area contributed by atoms with Gasteiger partial charge in [0, 0.05) is 42.1 Å². The van der Waals surface area contributed by atoms with Crippen molar-refractivity contribution >= 4 is 28.9 Å². The highest BCUT2D eigenvalue weighted by Gasteiger charge is 2.11. The summed E-state index contributed by atoms with van der Waals surface area (Å²) in [6.45, 7) is 1.05. The van der Waals surface area contributed by atoms with E-state index in [0.717, 1.165) is 4.68 Å². The van der Waals surface area contributed by atoms with Gasteiger partial charge in [0.2, 0.25) is 11.8 Å². The number of aromatic nitrogens is 2. The van der Waals surface area contributed by atoms with Crippen LogP contribution in [0.5, 0.6) is 0 Å². The van der Waals surface area contributed by atoms with Gasteiger partial charge >= 0.3 is 0 Å². The summed E-state index contributed by atoms with van der Waals surface area (Å²) < 4.78 is 0.981. The molecule has 2 aromatic carbocycles. The second-order valence-corrected chi connectivity index (χ2v) is 6.33. The van der Waals surface area contributed by atoms with Gasteiger partial charge in [0.1, 0.15) is 6.54 Å². The van der Waals surface area contributed by atoms with E-state index in [1.54, 1.807) is 30.3 Å². The van der Waals surface area contributed by atoms with Crippen molar-refractivity contribution in [2.75, 3.05) is 10.6 Å². The lowest BCUT2D eigenvalue weighted by Crippen LogP contribution is -2.29. The highest BCUT2D eigenvalue weighted by Crippen LogP contribution is 2.21. The number of amides is 2. The third kappa shape index (κ3) is 5.13. The van der Waals surface area contributed by atoms with E-state index in [1.165, 1.54) is 37.3 Å².